The summed E-state index contributed by atoms with van der Waals surface area (Å²) in [5, 5.41) is 0. The molecule has 0 spiro atoms. The van der Waals surface area contributed by atoms with E-state index in [0.29, 0.717) is 23.4 Å². The lowest BCUT2D eigenvalue weighted by Gasteiger charge is -2.24. The third kappa shape index (κ3) is 5.50. The molecule has 0 N–H and O–H groups in total. The van der Waals surface area contributed by atoms with Crippen LogP contribution in [0, 0.1) is 5.82 Å². The number of rotatable bonds is 8. The standard InChI is InChI=1S/C30H25FN2O4S/c1-38(35,36)25-11-7-10-24(18-25)33(19-21-14-16-23(31)17-15-21)30(34)28-29(26-12-5-6-13-27(26)32-28)37-20-22-8-3-2-4-9-22/h2-12,14-18H,13,19-20H2,1H3. The third-order valence-electron chi connectivity index (χ3n) is 6.21. The molecule has 8 heteroatoms. The van der Waals surface area contributed by atoms with Crippen molar-refractivity contribution in [2.24, 2.45) is 4.99 Å². The molecule has 0 saturated carbocycles. The van der Waals surface area contributed by atoms with Crippen LogP contribution in [0.2, 0.25) is 0 Å². The molecule has 1 heterocycles. The Morgan fingerprint density at radius 1 is 1.00 bits per heavy atom. The number of sulfone groups is 1. The Morgan fingerprint density at radius 3 is 2.50 bits per heavy atom. The van der Waals surface area contributed by atoms with E-state index in [1.807, 2.05) is 48.6 Å². The number of nitrogens with zero attached hydrogens (tertiary/aromatic N) is 2. The first kappa shape index (κ1) is 25.4. The summed E-state index contributed by atoms with van der Waals surface area (Å²) in [6.45, 7) is 0.322. The summed E-state index contributed by atoms with van der Waals surface area (Å²) in [4.78, 5) is 20.3. The van der Waals surface area contributed by atoms with Gasteiger partial charge in [-0.15, -0.1) is 0 Å². The van der Waals surface area contributed by atoms with Crippen LogP contribution in [0.15, 0.2) is 124 Å². The second kappa shape index (κ2) is 10.6. The number of amides is 1. The fourth-order valence-corrected chi connectivity index (χ4v) is 4.92. The summed E-state index contributed by atoms with van der Waals surface area (Å²) in [7, 11) is -3.52. The number of anilines is 1. The number of benzene rings is 3. The molecule has 38 heavy (non-hydrogen) atoms. The van der Waals surface area contributed by atoms with Gasteiger partial charge in [0.05, 0.1) is 17.2 Å². The Balaban J connectivity index is 1.57. The molecule has 6 nitrogen and oxygen atoms in total. The minimum Gasteiger partial charge on any atom is -0.486 e. The van der Waals surface area contributed by atoms with E-state index in [9.17, 15) is 17.6 Å². The predicted molar refractivity (Wildman–Crippen MR) is 145 cm³/mol. The van der Waals surface area contributed by atoms with Gasteiger partial charge in [-0.05, 0) is 47.5 Å². The van der Waals surface area contributed by atoms with Gasteiger partial charge in [0.15, 0.2) is 21.3 Å². The largest absolute Gasteiger partial charge is 0.486 e. The van der Waals surface area contributed by atoms with Crippen LogP contribution in [0.25, 0.3) is 0 Å². The maximum absolute atomic E-state index is 14.2. The number of hydrogen-bond acceptors (Lipinski definition) is 5. The highest BCUT2D eigenvalue weighted by Crippen LogP contribution is 2.34. The number of carbonyl (C=O) groups excluding carboxylic acids is 1. The molecule has 1 amide bonds. The van der Waals surface area contributed by atoms with E-state index in [2.05, 4.69) is 4.99 Å². The smallest absolute Gasteiger partial charge is 0.281 e. The number of allylic oxidation sites excluding steroid dienone is 4. The molecule has 0 radical (unpaired) electrons. The Morgan fingerprint density at radius 2 is 1.76 bits per heavy atom. The second-order valence-electron chi connectivity index (χ2n) is 9.01. The van der Waals surface area contributed by atoms with Gasteiger partial charge in [-0.2, -0.15) is 0 Å². The first-order valence-electron chi connectivity index (χ1n) is 12.0. The SMILES string of the molecule is CS(=O)(=O)c1cccc(N(Cc2ccc(F)cc2)C(=O)C2=C(OCc3ccccc3)C3=CC=CCC3=N2)c1. The Kier molecular flexibility index (Phi) is 7.07. The molecule has 1 aliphatic heterocycles. The summed E-state index contributed by atoms with van der Waals surface area (Å²) < 4.78 is 44.3. The number of fused-ring (bicyclic) bond motifs is 1. The quantitative estimate of drug-likeness (QED) is 0.385. The maximum Gasteiger partial charge on any atom is 0.281 e. The maximum atomic E-state index is 14.2. The van der Waals surface area contributed by atoms with Gasteiger partial charge >= 0.3 is 0 Å². The first-order valence-corrected chi connectivity index (χ1v) is 13.9. The number of hydrogen-bond donors (Lipinski definition) is 0. The minimum absolute atomic E-state index is 0.0734. The van der Waals surface area contributed by atoms with Crippen molar-refractivity contribution < 1.29 is 22.3 Å². The van der Waals surface area contributed by atoms with Crippen molar-refractivity contribution in [1.82, 2.24) is 0 Å². The van der Waals surface area contributed by atoms with Gasteiger partial charge in [0.2, 0.25) is 0 Å². The monoisotopic (exact) mass is 528 g/mol. The van der Waals surface area contributed by atoms with Crippen LogP contribution in [0.1, 0.15) is 17.5 Å². The van der Waals surface area contributed by atoms with E-state index in [1.165, 1.54) is 29.2 Å². The van der Waals surface area contributed by atoms with Crippen molar-refractivity contribution in [3.05, 3.63) is 131 Å². The van der Waals surface area contributed by atoms with Gasteiger partial charge in [0, 0.05) is 23.9 Å². The molecule has 3 aromatic rings. The van der Waals surface area contributed by atoms with E-state index in [1.54, 1.807) is 24.3 Å². The lowest BCUT2D eigenvalue weighted by molar-refractivity contribution is -0.115. The third-order valence-corrected chi connectivity index (χ3v) is 7.32. The lowest BCUT2D eigenvalue weighted by Crippen LogP contribution is -2.32. The zero-order valence-corrected chi connectivity index (χ0v) is 21.5. The van der Waals surface area contributed by atoms with Gasteiger partial charge in [0.25, 0.3) is 5.91 Å². The Bertz CT molecular complexity index is 1610. The molecule has 0 unspecified atom stereocenters. The van der Waals surface area contributed by atoms with Crippen molar-refractivity contribution in [3.63, 3.8) is 0 Å². The molecule has 192 valence electrons. The number of carbonyl (C=O) groups is 1. The average Bonchev–Trinajstić information content (AvgIpc) is 3.30. The number of halogens is 1. The van der Waals surface area contributed by atoms with E-state index < -0.39 is 21.6 Å². The molecule has 0 aromatic heterocycles. The normalized spacial score (nSPS) is 14.6. The molecule has 0 bridgehead atoms. The van der Waals surface area contributed by atoms with Gasteiger partial charge in [-0.1, -0.05) is 60.7 Å². The van der Waals surface area contributed by atoms with Gasteiger partial charge in [0.1, 0.15) is 12.4 Å². The zero-order valence-electron chi connectivity index (χ0n) is 20.7. The molecule has 3 aromatic carbocycles. The Labute approximate surface area is 221 Å². The number of aliphatic imine (C=N–C) groups is 1. The van der Waals surface area contributed by atoms with Crippen LogP contribution in [0.3, 0.4) is 0 Å². The summed E-state index contributed by atoms with van der Waals surface area (Å²) in [6.07, 6.45) is 7.40. The highest BCUT2D eigenvalue weighted by atomic mass is 32.2. The van der Waals surface area contributed by atoms with Gasteiger partial charge < -0.3 is 9.64 Å². The van der Waals surface area contributed by atoms with E-state index >= 15 is 0 Å². The predicted octanol–water partition coefficient (Wildman–Crippen LogP) is 5.53. The van der Waals surface area contributed by atoms with Crippen molar-refractivity contribution in [1.29, 1.82) is 0 Å². The summed E-state index contributed by atoms with van der Waals surface area (Å²) >= 11 is 0. The summed E-state index contributed by atoms with van der Waals surface area (Å²) in [6, 6.07) is 21.6. The molecular formula is C30H25FN2O4S. The van der Waals surface area contributed by atoms with Crippen molar-refractivity contribution in [3.8, 4) is 0 Å². The van der Waals surface area contributed by atoms with Crippen LogP contribution < -0.4 is 4.90 Å². The van der Waals surface area contributed by atoms with E-state index in [0.717, 1.165) is 23.1 Å². The highest BCUT2D eigenvalue weighted by Gasteiger charge is 2.33. The van der Waals surface area contributed by atoms with E-state index in [4.69, 9.17) is 4.74 Å². The summed E-state index contributed by atoms with van der Waals surface area (Å²) in [5.74, 6) is -0.469. The minimum atomic E-state index is -3.52. The molecule has 0 atom stereocenters. The fraction of sp³-hybridized carbons (Fsp3) is 0.133. The van der Waals surface area contributed by atoms with Crippen LogP contribution in [-0.2, 0) is 32.5 Å². The van der Waals surface area contributed by atoms with Crippen LogP contribution >= 0.6 is 0 Å². The van der Waals surface area contributed by atoms with Crippen molar-refractivity contribution in [2.75, 3.05) is 11.2 Å². The van der Waals surface area contributed by atoms with Crippen LogP contribution in [0.4, 0.5) is 10.1 Å². The van der Waals surface area contributed by atoms with Crippen molar-refractivity contribution in [2.45, 2.75) is 24.5 Å². The topological polar surface area (TPSA) is 76.0 Å². The molecule has 0 saturated heterocycles. The van der Waals surface area contributed by atoms with Gasteiger partial charge in [-0.3, -0.25) is 4.79 Å². The molecule has 5 rings (SSSR count). The molecule has 2 aliphatic rings. The molecule has 0 fully saturated rings. The zero-order chi connectivity index (χ0) is 26.7. The molecular weight excluding hydrogens is 503 g/mol. The van der Waals surface area contributed by atoms with E-state index in [-0.39, 0.29) is 23.7 Å². The van der Waals surface area contributed by atoms with Gasteiger partial charge in [-0.25, -0.2) is 17.8 Å². The summed E-state index contributed by atoms with van der Waals surface area (Å²) in [5.41, 5.74) is 3.60. The number of ether oxygens (including phenoxy) is 1. The lowest BCUT2D eigenvalue weighted by atomic mass is 10.0. The second-order valence-corrected chi connectivity index (χ2v) is 11.0. The Hall–Kier alpha value is -4.30. The first-order chi connectivity index (χ1) is 18.3. The van der Waals surface area contributed by atoms with Crippen molar-refractivity contribution >= 4 is 27.1 Å². The highest BCUT2D eigenvalue weighted by molar-refractivity contribution is 7.90. The molecule has 1 aliphatic carbocycles. The van der Waals surface area contributed by atoms with Crippen LogP contribution in [-0.4, -0.2) is 26.3 Å². The average molecular weight is 529 g/mol. The fourth-order valence-electron chi connectivity index (χ4n) is 4.26. The van der Waals surface area contributed by atoms with Crippen LogP contribution in [0.5, 0.6) is 0 Å².